The largest absolute Gasteiger partial charge is 0.396 e. The van der Waals surface area contributed by atoms with E-state index in [2.05, 4.69) is 315 Å². The maximum Gasteiger partial charge on any atom is 0.0640 e. The van der Waals surface area contributed by atoms with E-state index >= 15 is 0 Å². The van der Waals surface area contributed by atoms with Crippen molar-refractivity contribution in [3.63, 3.8) is 0 Å². The van der Waals surface area contributed by atoms with Crippen LogP contribution in [0.1, 0.15) is 318 Å². The van der Waals surface area contributed by atoms with E-state index in [-0.39, 0.29) is 29.0 Å². The molecule has 0 amide bonds. The summed E-state index contributed by atoms with van der Waals surface area (Å²) in [6, 6.07) is 0. The molecule has 0 spiro atoms. The highest BCUT2D eigenvalue weighted by Gasteiger charge is 2.47. The summed E-state index contributed by atoms with van der Waals surface area (Å²) in [5.74, 6) is 17.7. The van der Waals surface area contributed by atoms with Crippen LogP contribution in [0.15, 0.2) is 0 Å². The van der Waals surface area contributed by atoms with Crippen molar-refractivity contribution in [3.8, 4) is 0 Å². The summed E-state index contributed by atoms with van der Waals surface area (Å²) in [5, 5.41) is 99.8. The van der Waals surface area contributed by atoms with Gasteiger partial charge in [0, 0.05) is 62.5 Å². The normalized spacial score (nSPS) is 27.8. The molecule has 0 aliphatic carbocycles. The van der Waals surface area contributed by atoms with Crippen molar-refractivity contribution in [2.75, 3.05) is 13.2 Å². The van der Waals surface area contributed by atoms with Gasteiger partial charge in [0.15, 0.2) is 0 Å². The van der Waals surface area contributed by atoms with Crippen molar-refractivity contribution in [1.29, 1.82) is 0 Å². The van der Waals surface area contributed by atoms with E-state index in [4.69, 9.17) is 0 Å². The van der Waals surface area contributed by atoms with Crippen LogP contribution in [0.4, 0.5) is 0 Å². The Labute approximate surface area is 740 Å². The first-order chi connectivity index (χ1) is 52.0. The molecule has 0 aromatic heterocycles. The van der Waals surface area contributed by atoms with Crippen molar-refractivity contribution in [2.45, 2.75) is 369 Å². The third kappa shape index (κ3) is 29.1. The maximum absolute atomic E-state index is 12.0. The number of rotatable bonds is 56. The van der Waals surface area contributed by atoms with Crippen LogP contribution in [0, 0.1) is 272 Å². The van der Waals surface area contributed by atoms with Gasteiger partial charge in [-0.25, -0.2) is 0 Å². The zero-order valence-electron chi connectivity index (χ0n) is 83.9. The predicted octanol–water partition coefficient (Wildman–Crippen LogP) is 25.4. The molecular weight excluding hydrogens is 1630 g/mol. The quantitative estimate of drug-likeness (QED) is 0.0211. The summed E-state index contributed by atoms with van der Waals surface area (Å²) in [6.45, 7) is 111. The molecule has 0 rings (SSSR count). The molecule has 0 saturated carbocycles. The molecule has 0 radical (unpaired) electrons. The number of aliphatic hydroxyl groups is 9. The van der Waals surface area contributed by atoms with Crippen molar-refractivity contribution in [3.05, 3.63) is 0 Å². The topological polar surface area (TPSA) is 182 Å². The van der Waals surface area contributed by atoms with Crippen molar-refractivity contribution in [2.24, 2.45) is 272 Å². The van der Waals surface area contributed by atoms with E-state index in [1.54, 1.807) is 41.5 Å². The summed E-state index contributed by atoms with van der Waals surface area (Å²) >= 11 is 5.34. The van der Waals surface area contributed by atoms with Gasteiger partial charge in [-0.3, -0.25) is 0 Å². The van der Waals surface area contributed by atoms with Crippen molar-refractivity contribution < 1.29 is 46.0 Å². The molecule has 9 nitrogen and oxygen atoms in total. The molecule has 0 saturated heterocycles. The second-order valence-electron chi connectivity index (χ2n) is 44.4. The summed E-state index contributed by atoms with van der Waals surface area (Å²) in [4.78, 5) is 0. The molecule has 9 N–H and O–H groups in total. The van der Waals surface area contributed by atoms with Crippen LogP contribution in [0.25, 0.3) is 0 Å². The molecular formula is C103H206I2O9. The molecule has 0 aliphatic rings. The van der Waals surface area contributed by atoms with E-state index < -0.39 is 84.2 Å². The Hall–Kier alpha value is 1.10. The first kappa shape index (κ1) is 115. The van der Waals surface area contributed by atoms with Gasteiger partial charge >= 0.3 is 0 Å². The van der Waals surface area contributed by atoms with Gasteiger partial charge in [0.2, 0.25) is 0 Å². The lowest BCUT2D eigenvalue weighted by molar-refractivity contribution is -0.116. The summed E-state index contributed by atoms with van der Waals surface area (Å²) in [5.41, 5.74) is 0. The van der Waals surface area contributed by atoms with Gasteiger partial charge in [0.1, 0.15) is 0 Å². The van der Waals surface area contributed by atoms with Crippen molar-refractivity contribution >= 4 is 45.2 Å². The molecule has 0 aliphatic heterocycles. The fraction of sp³-hybridized carbons (Fsp3) is 1.00. The van der Waals surface area contributed by atoms with Crippen LogP contribution in [0.2, 0.25) is 0 Å². The minimum Gasteiger partial charge on any atom is -0.396 e. The minimum atomic E-state index is -1.18. The van der Waals surface area contributed by atoms with Crippen LogP contribution in [0.3, 0.4) is 0 Å². The third-order valence-corrected chi connectivity index (χ3v) is 44.6. The van der Waals surface area contributed by atoms with Gasteiger partial charge in [0.25, 0.3) is 0 Å². The van der Waals surface area contributed by atoms with E-state index in [1.807, 2.05) is 6.92 Å². The van der Waals surface area contributed by atoms with E-state index in [0.717, 1.165) is 0 Å². The molecule has 0 heterocycles. The molecule has 55 atom stereocenters. The minimum absolute atomic E-state index is 0.117. The number of hydrogen-bond donors (Lipinski definition) is 9. The molecule has 114 heavy (non-hydrogen) atoms. The van der Waals surface area contributed by atoms with E-state index in [9.17, 15) is 46.0 Å². The summed E-state index contributed by atoms with van der Waals surface area (Å²) in [6.07, 6.45) is -7.49. The Morgan fingerprint density at radius 2 is 0.219 bits per heavy atom. The first-order valence-corrected chi connectivity index (χ1v) is 50.7. The van der Waals surface area contributed by atoms with E-state index in [0.29, 0.717) is 223 Å². The number of aliphatic hydroxyl groups excluding tert-OH is 9. The van der Waals surface area contributed by atoms with Crippen LogP contribution in [-0.4, -0.2) is 110 Å². The number of halogens is 2. The van der Waals surface area contributed by atoms with Gasteiger partial charge < -0.3 is 46.0 Å². The molecule has 686 valence electrons. The van der Waals surface area contributed by atoms with Crippen LogP contribution >= 0.6 is 45.2 Å². The lowest BCUT2D eigenvalue weighted by atomic mass is 9.60. The third-order valence-electron chi connectivity index (χ3n) is 40.1. The lowest BCUT2D eigenvalue weighted by Gasteiger charge is -2.45. The molecule has 0 aromatic rings. The average molecular weight is 1840 g/mol. The molecule has 55 unspecified atom stereocenters. The second kappa shape index (κ2) is 51.7. The summed E-state index contributed by atoms with van der Waals surface area (Å²) in [7, 11) is 0. The predicted molar refractivity (Wildman–Crippen MR) is 513 cm³/mol. The Morgan fingerprint density at radius 1 is 0.123 bits per heavy atom. The highest BCUT2D eigenvalue weighted by molar-refractivity contribution is 14.1. The highest BCUT2D eigenvalue weighted by Crippen LogP contribution is 2.51. The van der Waals surface area contributed by atoms with Crippen molar-refractivity contribution in [1.82, 2.24) is 0 Å². The van der Waals surface area contributed by atoms with Crippen LogP contribution < -0.4 is 0 Å². The standard InChI is InChI=1S/C103H206I2O9/c1-49(47-106)51(3)52(4)53(5)54(6)55(7)56(8)57(9)58(10)59(11)60(12)61(13)62(14)63(15)64(16)65(17)66(18)67(19)68(20)69(21)70(22)71(23)72(24)73(25)74(26)75(27)76(28)77(29)78(30)79(31)80(32)81(33)82(34)85(37)95(104)86(38)83(35)84(36)87(39)96(105)88(40)98(109)90(42)100(111)92(44)102(113)94(46)103(114)93(45)101(112)91(43)99(110)89(41)97(108)50(2)48-107/h49-103,106-114H,47-48H2,1-46H3. The summed E-state index contributed by atoms with van der Waals surface area (Å²) < 4.78 is 0.602. The SMILES string of the molecule is CC(CO)C(C)C(C)C(C)C(C)C(C)C(C)C(C)C(C)C(C)C(C)C(C)C(C)C(C)C(C)C(C)C(C)C(C)C(C)C(C)C(C)C(C)C(C)C(C)C(C)C(C)C(C)C(C)C(C)C(C)C(C)C(C)C(C)C(C)C(I)C(C)C(C)C(C)C(C)C(I)C(C)C(O)C(C)C(O)C(C)C(O)C(C)C(O)C(C)C(O)C(C)C(O)C(C)C(O)C(C)CO. The maximum atomic E-state index is 12.0. The Kier molecular flexibility index (Phi) is 52.1. The monoisotopic (exact) mass is 1840 g/mol. The van der Waals surface area contributed by atoms with E-state index in [1.165, 1.54) is 0 Å². The molecule has 0 bridgehead atoms. The average Bonchev–Trinajstić information content (AvgIpc) is 0.812. The smallest absolute Gasteiger partial charge is 0.0640 e. The van der Waals surface area contributed by atoms with Crippen LogP contribution in [-0.2, 0) is 0 Å². The van der Waals surface area contributed by atoms with Gasteiger partial charge in [0.05, 0.1) is 42.7 Å². The molecule has 0 fully saturated rings. The van der Waals surface area contributed by atoms with Gasteiger partial charge in [-0.2, -0.15) is 0 Å². The Morgan fingerprint density at radius 3 is 0.351 bits per heavy atom. The first-order valence-electron chi connectivity index (χ1n) is 48.3. The Balaban J connectivity index is 5.94. The fourth-order valence-electron chi connectivity index (χ4n) is 23.2. The number of alkyl halides is 2. The second-order valence-corrected chi connectivity index (χ2v) is 47.3. The number of hydrogen-bond acceptors (Lipinski definition) is 9. The van der Waals surface area contributed by atoms with Gasteiger partial charge in [-0.1, -0.05) is 364 Å². The van der Waals surface area contributed by atoms with Crippen LogP contribution in [0.5, 0.6) is 0 Å². The van der Waals surface area contributed by atoms with Gasteiger partial charge in [-0.15, -0.1) is 0 Å². The zero-order valence-corrected chi connectivity index (χ0v) is 88.3. The lowest BCUT2D eigenvalue weighted by Crippen LogP contribution is -2.50. The molecule has 0 aromatic carbocycles. The molecule has 11 heteroatoms. The van der Waals surface area contributed by atoms with Gasteiger partial charge in [-0.05, 0) is 231 Å². The zero-order chi connectivity index (χ0) is 90.2. The fourth-order valence-corrected chi connectivity index (χ4v) is 25.6. The Bertz CT molecular complexity index is 2320. The highest BCUT2D eigenvalue weighted by atomic mass is 127.